The zero-order valence-electron chi connectivity index (χ0n) is 14.1. The number of phenols is 1. The molecule has 25 heavy (non-hydrogen) atoms. The van der Waals surface area contributed by atoms with Crippen LogP contribution in [0, 0.1) is 6.92 Å². The topological polar surface area (TPSA) is 31.5 Å². The number of benzene rings is 3. The molecular formula is C23H19O2+. The highest BCUT2D eigenvalue weighted by molar-refractivity contribution is 5.81. The van der Waals surface area contributed by atoms with Crippen LogP contribution >= 0.6 is 0 Å². The Bertz CT molecular complexity index is 1020. The minimum absolute atomic E-state index is 0.257. The molecule has 0 fully saturated rings. The van der Waals surface area contributed by atoms with Crippen molar-refractivity contribution < 1.29 is 9.52 Å². The number of hydrogen-bond acceptors (Lipinski definition) is 1. The van der Waals surface area contributed by atoms with Crippen molar-refractivity contribution in [1.82, 2.24) is 0 Å². The lowest BCUT2D eigenvalue weighted by Crippen LogP contribution is -1.89. The molecule has 122 valence electrons. The molecule has 3 aromatic carbocycles. The molecule has 1 N–H and O–H groups in total. The average molecular weight is 327 g/mol. The normalized spacial score (nSPS) is 10.9. The Morgan fingerprint density at radius 2 is 1.56 bits per heavy atom. The van der Waals surface area contributed by atoms with Gasteiger partial charge in [0.15, 0.2) is 0 Å². The van der Waals surface area contributed by atoms with E-state index in [1.165, 1.54) is 11.1 Å². The van der Waals surface area contributed by atoms with E-state index in [0.717, 1.165) is 34.3 Å². The molecule has 0 amide bonds. The van der Waals surface area contributed by atoms with Gasteiger partial charge in [0.1, 0.15) is 5.75 Å². The van der Waals surface area contributed by atoms with E-state index in [2.05, 4.69) is 49.4 Å². The molecule has 0 saturated carbocycles. The Hall–Kier alpha value is -3.13. The summed E-state index contributed by atoms with van der Waals surface area (Å²) in [6, 6.07) is 26.1. The zero-order valence-corrected chi connectivity index (χ0v) is 14.1. The maximum absolute atomic E-state index is 9.47. The highest BCUT2D eigenvalue weighted by Crippen LogP contribution is 2.30. The fourth-order valence-electron chi connectivity index (χ4n) is 3.13. The van der Waals surface area contributed by atoms with Gasteiger partial charge in [-0.15, -0.1) is 0 Å². The van der Waals surface area contributed by atoms with Gasteiger partial charge in [-0.25, -0.2) is 4.42 Å². The molecule has 0 radical (unpaired) electrons. The molecule has 0 aliphatic heterocycles. The van der Waals surface area contributed by atoms with Gasteiger partial charge in [-0.2, -0.15) is 0 Å². The van der Waals surface area contributed by atoms with Gasteiger partial charge in [0, 0.05) is 6.07 Å². The van der Waals surface area contributed by atoms with Crippen LogP contribution < -0.4 is 0 Å². The zero-order chi connectivity index (χ0) is 17.2. The summed E-state index contributed by atoms with van der Waals surface area (Å²) in [6.07, 6.45) is 0.912. The van der Waals surface area contributed by atoms with Crippen LogP contribution in [0.3, 0.4) is 0 Å². The molecule has 1 heterocycles. The third-order valence-corrected chi connectivity index (χ3v) is 4.40. The molecule has 0 bridgehead atoms. The molecule has 4 aromatic rings. The molecule has 0 aliphatic carbocycles. The molecule has 2 heteroatoms. The van der Waals surface area contributed by atoms with Crippen LogP contribution in [0.1, 0.15) is 16.7 Å². The van der Waals surface area contributed by atoms with Gasteiger partial charge in [0.25, 0.3) is 0 Å². The van der Waals surface area contributed by atoms with Gasteiger partial charge in [0.05, 0.1) is 16.5 Å². The summed E-state index contributed by atoms with van der Waals surface area (Å²) in [4.78, 5) is 0. The van der Waals surface area contributed by atoms with Crippen LogP contribution in [0.4, 0.5) is 0 Å². The van der Waals surface area contributed by atoms with Crippen LogP contribution in [0.25, 0.3) is 22.3 Å². The van der Waals surface area contributed by atoms with Crippen molar-refractivity contribution in [2.75, 3.05) is 0 Å². The van der Waals surface area contributed by atoms with Crippen molar-refractivity contribution in [2.45, 2.75) is 13.3 Å². The quantitative estimate of drug-likeness (QED) is 0.469. The predicted molar refractivity (Wildman–Crippen MR) is 102 cm³/mol. The summed E-state index contributed by atoms with van der Waals surface area (Å²) in [5, 5.41) is 10.6. The van der Waals surface area contributed by atoms with Gasteiger partial charge < -0.3 is 5.11 Å². The molecule has 0 saturated heterocycles. The maximum Gasteiger partial charge on any atom is 0.363 e. The summed E-state index contributed by atoms with van der Waals surface area (Å²) >= 11 is 0. The minimum atomic E-state index is 0.257. The first-order valence-electron chi connectivity index (χ1n) is 8.39. The molecule has 2 nitrogen and oxygen atoms in total. The first kappa shape index (κ1) is 15.4. The lowest BCUT2D eigenvalue weighted by Gasteiger charge is -2.03. The van der Waals surface area contributed by atoms with Crippen molar-refractivity contribution >= 4 is 11.0 Å². The van der Waals surface area contributed by atoms with E-state index in [9.17, 15) is 5.11 Å². The number of rotatable bonds is 3. The average Bonchev–Trinajstić information content (AvgIpc) is 2.63. The van der Waals surface area contributed by atoms with Crippen molar-refractivity contribution in [3.63, 3.8) is 0 Å². The standard InChI is InChI=1S/C23H18O2/c1-16-13-20-15-18(14-17-5-3-2-4-6-17)7-12-22(20)25-23(16)19-8-10-21(24)11-9-19/h2-13,15H,14H2,1H3/p+1. The number of aromatic hydroxyl groups is 1. The Morgan fingerprint density at radius 3 is 2.32 bits per heavy atom. The van der Waals surface area contributed by atoms with Crippen molar-refractivity contribution in [3.8, 4) is 17.1 Å². The fraction of sp³-hybridized carbons (Fsp3) is 0.0870. The van der Waals surface area contributed by atoms with Crippen molar-refractivity contribution in [2.24, 2.45) is 0 Å². The number of fused-ring (bicyclic) bond motifs is 1. The van der Waals surface area contributed by atoms with Gasteiger partial charge >= 0.3 is 11.3 Å². The van der Waals surface area contributed by atoms with Crippen molar-refractivity contribution in [1.29, 1.82) is 0 Å². The maximum atomic E-state index is 9.47. The summed E-state index contributed by atoms with van der Waals surface area (Å²) < 4.78 is 6.14. The number of phenolic OH excluding ortho intramolecular Hbond substituents is 1. The second-order valence-corrected chi connectivity index (χ2v) is 6.34. The van der Waals surface area contributed by atoms with Crippen LogP contribution in [0.2, 0.25) is 0 Å². The van der Waals surface area contributed by atoms with E-state index in [-0.39, 0.29) is 5.75 Å². The first-order chi connectivity index (χ1) is 12.2. The van der Waals surface area contributed by atoms with Crippen LogP contribution in [-0.4, -0.2) is 5.11 Å². The van der Waals surface area contributed by atoms with E-state index < -0.39 is 0 Å². The summed E-state index contributed by atoms with van der Waals surface area (Å²) in [7, 11) is 0. The Labute approximate surface area is 147 Å². The molecular weight excluding hydrogens is 308 g/mol. The number of aryl methyl sites for hydroxylation is 1. The second kappa shape index (κ2) is 6.40. The monoisotopic (exact) mass is 327 g/mol. The van der Waals surface area contributed by atoms with Crippen LogP contribution in [0.15, 0.2) is 83.3 Å². The summed E-state index contributed by atoms with van der Waals surface area (Å²) in [5.41, 5.74) is 5.48. The first-order valence-corrected chi connectivity index (χ1v) is 8.39. The highest BCUT2D eigenvalue weighted by atomic mass is 16.3. The van der Waals surface area contributed by atoms with Crippen LogP contribution in [0.5, 0.6) is 5.75 Å². The molecule has 0 atom stereocenters. The smallest absolute Gasteiger partial charge is 0.363 e. The molecule has 0 unspecified atom stereocenters. The van der Waals surface area contributed by atoms with Gasteiger partial charge in [-0.3, -0.25) is 0 Å². The fourth-order valence-corrected chi connectivity index (χ4v) is 3.13. The molecule has 1 aromatic heterocycles. The number of hydrogen-bond donors (Lipinski definition) is 1. The summed E-state index contributed by atoms with van der Waals surface area (Å²) in [6.45, 7) is 2.05. The SMILES string of the molecule is Cc1cc2cc(Cc3ccccc3)ccc2[o+]c1-c1ccc(O)cc1. The second-order valence-electron chi connectivity index (χ2n) is 6.34. The van der Waals surface area contributed by atoms with E-state index in [4.69, 9.17) is 4.42 Å². The van der Waals surface area contributed by atoms with Gasteiger partial charge in [-0.1, -0.05) is 30.3 Å². The van der Waals surface area contributed by atoms with E-state index in [1.807, 2.05) is 24.3 Å². The Balaban J connectivity index is 1.72. The third-order valence-electron chi connectivity index (χ3n) is 4.40. The van der Waals surface area contributed by atoms with Crippen LogP contribution in [-0.2, 0) is 6.42 Å². The van der Waals surface area contributed by atoms with Gasteiger partial charge in [-0.05, 0) is 66.9 Å². The lowest BCUT2D eigenvalue weighted by atomic mass is 10.0. The Kier molecular flexibility index (Phi) is 3.95. The minimum Gasteiger partial charge on any atom is -0.508 e. The van der Waals surface area contributed by atoms with Gasteiger partial charge in [0.2, 0.25) is 0 Å². The molecule has 4 rings (SSSR count). The molecule has 0 spiro atoms. The predicted octanol–water partition coefficient (Wildman–Crippen LogP) is 5.99. The molecule has 0 aliphatic rings. The largest absolute Gasteiger partial charge is 0.508 e. The van der Waals surface area contributed by atoms with E-state index in [1.54, 1.807) is 12.1 Å². The van der Waals surface area contributed by atoms with E-state index >= 15 is 0 Å². The highest BCUT2D eigenvalue weighted by Gasteiger charge is 2.19. The summed E-state index contributed by atoms with van der Waals surface area (Å²) in [5.74, 6) is 1.09. The Morgan fingerprint density at radius 1 is 0.800 bits per heavy atom. The third kappa shape index (κ3) is 3.24. The van der Waals surface area contributed by atoms with E-state index in [0.29, 0.717) is 0 Å². The van der Waals surface area contributed by atoms with Crippen molar-refractivity contribution in [3.05, 3.63) is 95.6 Å². The lowest BCUT2D eigenvalue weighted by molar-refractivity contribution is 0.475.